The van der Waals surface area contributed by atoms with Gasteiger partial charge >= 0.3 is 5.97 Å². The SMILES string of the molecule is COc1cccc(/C=C/C(=O)OCC(=O)c2ccc3c(c2)OCCCO3)c1. The highest BCUT2D eigenvalue weighted by atomic mass is 16.5. The van der Waals surface area contributed by atoms with E-state index in [0.29, 0.717) is 36.0 Å². The number of methoxy groups -OCH3 is 1. The van der Waals surface area contributed by atoms with Gasteiger partial charge in [-0.05, 0) is 42.0 Å². The summed E-state index contributed by atoms with van der Waals surface area (Å²) in [6.45, 7) is 0.771. The Kier molecular flexibility index (Phi) is 6.10. The summed E-state index contributed by atoms with van der Waals surface area (Å²) in [5.74, 6) is 0.925. The molecule has 0 saturated carbocycles. The fourth-order valence-corrected chi connectivity index (χ4v) is 2.51. The largest absolute Gasteiger partial charge is 0.497 e. The van der Waals surface area contributed by atoms with Crippen LogP contribution >= 0.6 is 0 Å². The maximum atomic E-state index is 12.3. The number of rotatable bonds is 6. The number of hydrogen-bond donors (Lipinski definition) is 0. The molecule has 140 valence electrons. The Bertz CT molecular complexity index is 856. The third-order valence-electron chi connectivity index (χ3n) is 3.92. The summed E-state index contributed by atoms with van der Waals surface area (Å²) in [7, 11) is 1.57. The zero-order valence-electron chi connectivity index (χ0n) is 15.0. The van der Waals surface area contributed by atoms with Gasteiger partial charge in [-0.1, -0.05) is 12.1 Å². The Labute approximate surface area is 157 Å². The van der Waals surface area contributed by atoms with Gasteiger partial charge in [0.15, 0.2) is 23.9 Å². The monoisotopic (exact) mass is 368 g/mol. The van der Waals surface area contributed by atoms with Crippen molar-refractivity contribution in [3.63, 3.8) is 0 Å². The molecule has 0 amide bonds. The van der Waals surface area contributed by atoms with Crippen LogP contribution in [-0.4, -0.2) is 38.7 Å². The summed E-state index contributed by atoms with van der Waals surface area (Å²) in [6, 6.07) is 12.2. The molecule has 1 aliphatic heterocycles. The van der Waals surface area contributed by atoms with Crippen molar-refractivity contribution >= 4 is 17.8 Å². The molecule has 0 aromatic heterocycles. The molecule has 0 aliphatic carbocycles. The van der Waals surface area contributed by atoms with Crippen molar-refractivity contribution in [1.82, 2.24) is 0 Å². The zero-order chi connectivity index (χ0) is 19.1. The van der Waals surface area contributed by atoms with Crippen LogP contribution in [0.4, 0.5) is 0 Å². The highest BCUT2D eigenvalue weighted by Gasteiger charge is 2.15. The lowest BCUT2D eigenvalue weighted by molar-refractivity contribution is -0.136. The Morgan fingerprint density at radius 1 is 1.07 bits per heavy atom. The molecule has 3 rings (SSSR count). The van der Waals surface area contributed by atoms with Crippen molar-refractivity contribution in [2.45, 2.75) is 6.42 Å². The van der Waals surface area contributed by atoms with Crippen LogP contribution < -0.4 is 14.2 Å². The van der Waals surface area contributed by atoms with E-state index in [9.17, 15) is 9.59 Å². The molecular formula is C21H20O6. The van der Waals surface area contributed by atoms with Gasteiger partial charge in [0, 0.05) is 18.1 Å². The second kappa shape index (κ2) is 8.89. The van der Waals surface area contributed by atoms with Crippen LogP contribution in [0.25, 0.3) is 6.08 Å². The number of ether oxygens (including phenoxy) is 4. The normalized spacial score (nSPS) is 13.1. The molecule has 0 atom stereocenters. The van der Waals surface area contributed by atoms with Crippen LogP contribution in [-0.2, 0) is 9.53 Å². The first-order valence-corrected chi connectivity index (χ1v) is 8.57. The molecule has 0 saturated heterocycles. The van der Waals surface area contributed by atoms with Gasteiger partial charge in [-0.15, -0.1) is 0 Å². The van der Waals surface area contributed by atoms with Crippen molar-refractivity contribution in [1.29, 1.82) is 0 Å². The van der Waals surface area contributed by atoms with Gasteiger partial charge in [0.05, 0.1) is 20.3 Å². The summed E-state index contributed by atoms with van der Waals surface area (Å²) in [4.78, 5) is 24.1. The van der Waals surface area contributed by atoms with E-state index in [-0.39, 0.29) is 12.4 Å². The first-order chi connectivity index (χ1) is 13.2. The molecular weight excluding hydrogens is 348 g/mol. The first-order valence-electron chi connectivity index (χ1n) is 8.57. The molecule has 0 N–H and O–H groups in total. The Hall–Kier alpha value is -3.28. The van der Waals surface area contributed by atoms with Crippen LogP contribution in [0, 0.1) is 0 Å². The van der Waals surface area contributed by atoms with Crippen molar-refractivity contribution in [2.75, 3.05) is 26.9 Å². The van der Waals surface area contributed by atoms with E-state index < -0.39 is 5.97 Å². The molecule has 27 heavy (non-hydrogen) atoms. The van der Waals surface area contributed by atoms with E-state index >= 15 is 0 Å². The average Bonchev–Trinajstić information content (AvgIpc) is 2.95. The summed E-state index contributed by atoms with van der Waals surface area (Å²) in [5.41, 5.74) is 1.20. The second-order valence-corrected chi connectivity index (χ2v) is 5.85. The standard InChI is InChI=1S/C21H20O6/c1-24-17-5-2-4-15(12-17)6-9-21(23)27-14-18(22)16-7-8-19-20(13-16)26-11-3-10-25-19/h2,4-9,12-13H,3,10-11,14H2,1H3/b9-6+. The molecule has 1 aliphatic rings. The topological polar surface area (TPSA) is 71.1 Å². The fourth-order valence-electron chi connectivity index (χ4n) is 2.51. The van der Waals surface area contributed by atoms with Gasteiger partial charge in [-0.2, -0.15) is 0 Å². The van der Waals surface area contributed by atoms with Crippen LogP contribution in [0.15, 0.2) is 48.5 Å². The van der Waals surface area contributed by atoms with Gasteiger partial charge in [0.25, 0.3) is 0 Å². The molecule has 0 fully saturated rings. The molecule has 2 aromatic rings. The molecule has 0 bridgehead atoms. The lowest BCUT2D eigenvalue weighted by Gasteiger charge is -2.08. The quantitative estimate of drug-likeness (QED) is 0.443. The maximum Gasteiger partial charge on any atom is 0.331 e. The highest BCUT2D eigenvalue weighted by Crippen LogP contribution is 2.30. The van der Waals surface area contributed by atoms with Crippen molar-refractivity contribution < 1.29 is 28.5 Å². The lowest BCUT2D eigenvalue weighted by Crippen LogP contribution is -2.12. The third kappa shape index (κ3) is 5.10. The minimum absolute atomic E-state index is 0.311. The molecule has 2 aromatic carbocycles. The van der Waals surface area contributed by atoms with Gasteiger partial charge in [0.1, 0.15) is 5.75 Å². The van der Waals surface area contributed by atoms with Crippen LogP contribution in [0.2, 0.25) is 0 Å². The van der Waals surface area contributed by atoms with E-state index in [4.69, 9.17) is 18.9 Å². The number of fused-ring (bicyclic) bond motifs is 1. The van der Waals surface area contributed by atoms with E-state index in [1.165, 1.54) is 6.08 Å². The van der Waals surface area contributed by atoms with Gasteiger partial charge in [0.2, 0.25) is 0 Å². The summed E-state index contributed by atoms with van der Waals surface area (Å²) < 4.78 is 21.2. The Morgan fingerprint density at radius 3 is 2.70 bits per heavy atom. The summed E-state index contributed by atoms with van der Waals surface area (Å²) in [6.07, 6.45) is 3.66. The van der Waals surface area contributed by atoms with Crippen LogP contribution in [0.3, 0.4) is 0 Å². The highest BCUT2D eigenvalue weighted by molar-refractivity contribution is 5.99. The lowest BCUT2D eigenvalue weighted by atomic mass is 10.1. The van der Waals surface area contributed by atoms with Gasteiger partial charge in [-0.25, -0.2) is 4.79 Å². The number of benzene rings is 2. The number of Topliss-reactive ketones (excluding diaryl/α,β-unsaturated/α-hetero) is 1. The molecule has 6 heteroatoms. The molecule has 0 spiro atoms. The van der Waals surface area contributed by atoms with Crippen molar-refractivity contribution in [3.8, 4) is 17.2 Å². The number of carbonyl (C=O) groups excluding carboxylic acids is 2. The Morgan fingerprint density at radius 2 is 1.89 bits per heavy atom. The van der Waals surface area contributed by atoms with E-state index in [2.05, 4.69) is 0 Å². The zero-order valence-corrected chi connectivity index (χ0v) is 15.0. The predicted octanol–water partition coefficient (Wildman–Crippen LogP) is 3.30. The number of ketones is 1. The fraction of sp³-hybridized carbons (Fsp3) is 0.238. The minimum atomic E-state index is -0.597. The molecule has 0 radical (unpaired) electrons. The maximum absolute atomic E-state index is 12.3. The molecule has 0 unspecified atom stereocenters. The Balaban J connectivity index is 1.56. The summed E-state index contributed by atoms with van der Waals surface area (Å²) >= 11 is 0. The second-order valence-electron chi connectivity index (χ2n) is 5.85. The van der Waals surface area contributed by atoms with E-state index in [0.717, 1.165) is 12.0 Å². The van der Waals surface area contributed by atoms with E-state index in [1.54, 1.807) is 37.5 Å². The molecule has 1 heterocycles. The molecule has 6 nitrogen and oxygen atoms in total. The first kappa shape index (κ1) is 18.5. The average molecular weight is 368 g/mol. The van der Waals surface area contributed by atoms with Crippen molar-refractivity contribution in [3.05, 3.63) is 59.7 Å². The van der Waals surface area contributed by atoms with Crippen LogP contribution in [0.5, 0.6) is 17.2 Å². The number of hydrogen-bond acceptors (Lipinski definition) is 6. The van der Waals surface area contributed by atoms with Gasteiger partial charge < -0.3 is 18.9 Å². The smallest absolute Gasteiger partial charge is 0.331 e. The number of carbonyl (C=O) groups is 2. The summed E-state index contributed by atoms with van der Waals surface area (Å²) in [5, 5.41) is 0. The van der Waals surface area contributed by atoms with Gasteiger partial charge in [-0.3, -0.25) is 4.79 Å². The minimum Gasteiger partial charge on any atom is -0.497 e. The van der Waals surface area contributed by atoms with Crippen molar-refractivity contribution in [2.24, 2.45) is 0 Å². The number of esters is 1. The van der Waals surface area contributed by atoms with Crippen LogP contribution in [0.1, 0.15) is 22.3 Å². The predicted molar refractivity (Wildman–Crippen MR) is 99.4 cm³/mol. The van der Waals surface area contributed by atoms with E-state index in [1.807, 2.05) is 18.2 Å². The third-order valence-corrected chi connectivity index (χ3v) is 3.92.